The number of hydrogen-bond acceptors (Lipinski definition) is 4. The second-order valence-corrected chi connectivity index (χ2v) is 4.65. The normalized spacial score (nSPS) is 11.9. The first-order valence-corrected chi connectivity index (χ1v) is 6.87. The van der Waals surface area contributed by atoms with E-state index in [1.165, 1.54) is 0 Å². The lowest BCUT2D eigenvalue weighted by Crippen LogP contribution is -2.31. The van der Waals surface area contributed by atoms with Crippen molar-refractivity contribution in [3.8, 4) is 5.75 Å². The summed E-state index contributed by atoms with van der Waals surface area (Å²) in [5, 5.41) is 18.7. The van der Waals surface area contributed by atoms with Gasteiger partial charge in [0.25, 0.3) is 5.91 Å². The number of nitrogens with zero attached hydrogens (tertiary/aromatic N) is 1. The predicted molar refractivity (Wildman–Crippen MR) is 78.0 cm³/mol. The highest BCUT2D eigenvalue weighted by Gasteiger charge is 2.11. The third kappa shape index (κ3) is 4.61. The number of carbonyl (C=O) groups is 1. The zero-order valence-corrected chi connectivity index (χ0v) is 11.9. The van der Waals surface area contributed by atoms with Crippen LogP contribution in [0.3, 0.4) is 0 Å². The van der Waals surface area contributed by atoms with E-state index in [9.17, 15) is 9.90 Å². The fourth-order valence-electron chi connectivity index (χ4n) is 1.68. The molecular weight excluding hydrogens is 270 g/mol. The molecular formula is C15H19N3O3. The summed E-state index contributed by atoms with van der Waals surface area (Å²) in [5.74, 6) is 0.439. The second-order valence-electron chi connectivity index (χ2n) is 4.65. The average Bonchev–Trinajstić information content (AvgIpc) is 3.00. The Hall–Kier alpha value is -2.34. The van der Waals surface area contributed by atoms with Crippen molar-refractivity contribution in [2.45, 2.75) is 26.1 Å². The zero-order chi connectivity index (χ0) is 15.1. The number of para-hydroxylation sites is 1. The average molecular weight is 289 g/mol. The second kappa shape index (κ2) is 7.44. The number of H-pyrrole nitrogens is 1. The number of amides is 1. The van der Waals surface area contributed by atoms with Crippen molar-refractivity contribution in [1.29, 1.82) is 0 Å². The van der Waals surface area contributed by atoms with E-state index in [2.05, 4.69) is 15.5 Å². The Bertz CT molecular complexity index is 569. The zero-order valence-electron chi connectivity index (χ0n) is 11.9. The van der Waals surface area contributed by atoms with E-state index in [1.54, 1.807) is 6.07 Å². The van der Waals surface area contributed by atoms with Gasteiger partial charge in [-0.1, -0.05) is 25.1 Å². The molecule has 0 aliphatic carbocycles. The van der Waals surface area contributed by atoms with Gasteiger partial charge in [0.2, 0.25) is 0 Å². The van der Waals surface area contributed by atoms with Crippen molar-refractivity contribution in [2.75, 3.05) is 6.54 Å². The number of aromatic nitrogens is 2. The molecule has 0 aliphatic rings. The van der Waals surface area contributed by atoms with Crippen LogP contribution in [0.4, 0.5) is 0 Å². The fourth-order valence-corrected chi connectivity index (χ4v) is 1.68. The van der Waals surface area contributed by atoms with Crippen LogP contribution in [-0.2, 0) is 6.61 Å². The molecule has 21 heavy (non-hydrogen) atoms. The number of aliphatic hydroxyl groups excluding tert-OH is 1. The molecule has 1 aromatic heterocycles. The first-order valence-electron chi connectivity index (χ1n) is 6.87. The van der Waals surface area contributed by atoms with Gasteiger partial charge in [-0.15, -0.1) is 0 Å². The molecule has 1 heterocycles. The molecule has 0 saturated carbocycles. The Labute approximate surface area is 123 Å². The van der Waals surface area contributed by atoms with Gasteiger partial charge in [0.05, 0.1) is 11.8 Å². The summed E-state index contributed by atoms with van der Waals surface area (Å²) in [6, 6.07) is 11.0. The highest BCUT2D eigenvalue weighted by molar-refractivity contribution is 5.92. The molecule has 1 unspecified atom stereocenters. The Morgan fingerprint density at radius 3 is 2.90 bits per heavy atom. The molecule has 0 saturated heterocycles. The smallest absolute Gasteiger partial charge is 0.271 e. The Balaban J connectivity index is 1.85. The minimum atomic E-state index is -0.534. The fraction of sp³-hybridized carbons (Fsp3) is 0.333. The van der Waals surface area contributed by atoms with Crippen LogP contribution in [0.5, 0.6) is 5.75 Å². The van der Waals surface area contributed by atoms with Crippen LogP contribution in [0, 0.1) is 0 Å². The van der Waals surface area contributed by atoms with Crippen LogP contribution < -0.4 is 10.1 Å². The predicted octanol–water partition coefficient (Wildman–Crippen LogP) is 1.49. The van der Waals surface area contributed by atoms with Crippen LogP contribution in [-0.4, -0.2) is 33.9 Å². The van der Waals surface area contributed by atoms with E-state index in [0.717, 1.165) is 5.75 Å². The molecule has 6 heteroatoms. The van der Waals surface area contributed by atoms with Gasteiger partial charge in [-0.3, -0.25) is 9.89 Å². The molecule has 112 valence electrons. The lowest BCUT2D eigenvalue weighted by Gasteiger charge is -2.07. The number of hydrogen-bond donors (Lipinski definition) is 3. The highest BCUT2D eigenvalue weighted by atomic mass is 16.5. The summed E-state index contributed by atoms with van der Waals surface area (Å²) >= 11 is 0. The van der Waals surface area contributed by atoms with E-state index in [4.69, 9.17) is 4.74 Å². The molecule has 2 aromatic rings. The number of rotatable bonds is 7. The summed E-state index contributed by atoms with van der Waals surface area (Å²) < 4.78 is 5.56. The topological polar surface area (TPSA) is 87.2 Å². The maximum absolute atomic E-state index is 11.8. The number of ether oxygens (including phenoxy) is 1. The standard InChI is InChI=1S/C15H19N3O3/c1-2-12(19)9-16-15(20)14-8-11(17-18-14)10-21-13-6-4-3-5-7-13/h3-8,12,19H,2,9-10H2,1H3,(H,16,20)(H,17,18). The van der Waals surface area contributed by atoms with Crippen LogP contribution in [0.15, 0.2) is 36.4 Å². The monoisotopic (exact) mass is 289 g/mol. The van der Waals surface area contributed by atoms with Crippen molar-refractivity contribution in [3.05, 3.63) is 47.8 Å². The Morgan fingerprint density at radius 1 is 1.43 bits per heavy atom. The first kappa shape index (κ1) is 15.1. The molecule has 0 bridgehead atoms. The maximum Gasteiger partial charge on any atom is 0.271 e. The molecule has 1 aromatic carbocycles. The van der Waals surface area contributed by atoms with E-state index in [0.29, 0.717) is 18.7 Å². The van der Waals surface area contributed by atoms with E-state index in [1.807, 2.05) is 37.3 Å². The largest absolute Gasteiger partial charge is 0.487 e. The number of nitrogens with one attached hydrogen (secondary N) is 2. The highest BCUT2D eigenvalue weighted by Crippen LogP contribution is 2.11. The van der Waals surface area contributed by atoms with Gasteiger partial charge in [0.1, 0.15) is 18.1 Å². The van der Waals surface area contributed by atoms with Crippen LogP contribution in [0.25, 0.3) is 0 Å². The van der Waals surface area contributed by atoms with Gasteiger partial charge in [0.15, 0.2) is 0 Å². The maximum atomic E-state index is 11.8. The Morgan fingerprint density at radius 2 is 2.19 bits per heavy atom. The third-order valence-corrected chi connectivity index (χ3v) is 2.97. The minimum absolute atomic E-state index is 0.220. The lowest BCUT2D eigenvalue weighted by molar-refractivity contribution is 0.0909. The van der Waals surface area contributed by atoms with E-state index < -0.39 is 6.10 Å². The molecule has 2 rings (SSSR count). The molecule has 0 spiro atoms. The number of aliphatic hydroxyl groups is 1. The molecule has 3 N–H and O–H groups in total. The van der Waals surface area contributed by atoms with Gasteiger partial charge in [-0.05, 0) is 24.6 Å². The quantitative estimate of drug-likeness (QED) is 0.720. The number of aromatic amines is 1. The lowest BCUT2D eigenvalue weighted by atomic mass is 10.2. The van der Waals surface area contributed by atoms with Crippen molar-refractivity contribution < 1.29 is 14.6 Å². The van der Waals surface area contributed by atoms with Crippen LogP contribution >= 0.6 is 0 Å². The molecule has 1 amide bonds. The first-order chi connectivity index (χ1) is 10.2. The Kier molecular flexibility index (Phi) is 5.34. The van der Waals surface area contributed by atoms with Crippen molar-refractivity contribution in [2.24, 2.45) is 0 Å². The summed E-state index contributed by atoms with van der Waals surface area (Å²) in [7, 11) is 0. The van der Waals surface area contributed by atoms with Gasteiger partial charge < -0.3 is 15.2 Å². The molecule has 1 atom stereocenters. The summed E-state index contributed by atoms with van der Waals surface area (Å²) in [6.07, 6.45) is 0.0607. The van der Waals surface area contributed by atoms with Crippen molar-refractivity contribution >= 4 is 5.91 Å². The molecule has 0 aliphatic heterocycles. The summed E-state index contributed by atoms with van der Waals surface area (Å²) in [6.45, 7) is 2.38. The van der Waals surface area contributed by atoms with Crippen molar-refractivity contribution in [1.82, 2.24) is 15.5 Å². The molecule has 6 nitrogen and oxygen atoms in total. The molecule has 0 fully saturated rings. The van der Waals surface area contributed by atoms with Crippen LogP contribution in [0.2, 0.25) is 0 Å². The van der Waals surface area contributed by atoms with Crippen LogP contribution in [0.1, 0.15) is 29.5 Å². The summed E-state index contributed by atoms with van der Waals surface area (Å²) in [4.78, 5) is 11.8. The van der Waals surface area contributed by atoms with E-state index in [-0.39, 0.29) is 18.1 Å². The minimum Gasteiger partial charge on any atom is -0.487 e. The summed E-state index contributed by atoms with van der Waals surface area (Å²) in [5.41, 5.74) is 0.991. The number of carbonyl (C=O) groups excluding carboxylic acids is 1. The molecule has 0 radical (unpaired) electrons. The van der Waals surface area contributed by atoms with Gasteiger partial charge >= 0.3 is 0 Å². The van der Waals surface area contributed by atoms with Gasteiger partial charge in [-0.2, -0.15) is 5.10 Å². The van der Waals surface area contributed by atoms with Gasteiger partial charge in [0, 0.05) is 6.54 Å². The van der Waals surface area contributed by atoms with Gasteiger partial charge in [-0.25, -0.2) is 0 Å². The third-order valence-electron chi connectivity index (χ3n) is 2.97. The number of benzene rings is 1. The van der Waals surface area contributed by atoms with Crippen molar-refractivity contribution in [3.63, 3.8) is 0 Å². The van der Waals surface area contributed by atoms with E-state index >= 15 is 0 Å². The SMILES string of the molecule is CCC(O)CNC(=O)c1cc(COc2ccccc2)[nH]n1.